The lowest BCUT2D eigenvalue weighted by Gasteiger charge is -2.08. The Hall–Kier alpha value is -3.00. The third-order valence-corrected chi connectivity index (χ3v) is 3.79. The second-order valence-corrected chi connectivity index (χ2v) is 5.69. The molecule has 3 aromatic rings. The summed E-state index contributed by atoms with van der Waals surface area (Å²) in [7, 11) is 1.63. The van der Waals surface area contributed by atoms with E-state index in [1.54, 1.807) is 42.1 Å². The minimum Gasteiger partial charge on any atom is -0.491 e. The van der Waals surface area contributed by atoms with Crippen molar-refractivity contribution in [3.05, 3.63) is 54.1 Å². The predicted octanol–water partition coefficient (Wildman–Crippen LogP) is 1.51. The molecule has 0 aliphatic rings. The SMILES string of the molecule is COCCOc1ccc(C(=O)NCCCc2cnc3ncnn3c2)cc1. The molecule has 0 saturated carbocycles. The normalized spacial score (nSPS) is 10.8. The molecule has 0 saturated heterocycles. The average molecular weight is 355 g/mol. The number of ether oxygens (including phenoxy) is 2. The van der Waals surface area contributed by atoms with Gasteiger partial charge in [0.05, 0.1) is 6.61 Å². The fourth-order valence-corrected chi connectivity index (χ4v) is 2.43. The van der Waals surface area contributed by atoms with E-state index in [0.717, 1.165) is 24.2 Å². The zero-order valence-corrected chi connectivity index (χ0v) is 14.6. The molecule has 2 aromatic heterocycles. The van der Waals surface area contributed by atoms with Gasteiger partial charge < -0.3 is 14.8 Å². The molecule has 0 radical (unpaired) electrons. The first-order valence-corrected chi connectivity index (χ1v) is 8.40. The summed E-state index contributed by atoms with van der Waals surface area (Å²) in [5.41, 5.74) is 1.66. The van der Waals surface area contributed by atoms with Gasteiger partial charge >= 0.3 is 0 Å². The standard InChI is InChI=1S/C18H21N5O3/c1-25-9-10-26-16-6-4-15(5-7-16)17(24)19-8-2-3-14-11-20-18-21-13-22-23(18)12-14/h4-7,11-13H,2-3,8-10H2,1H3,(H,19,24). The summed E-state index contributed by atoms with van der Waals surface area (Å²) in [4.78, 5) is 20.4. The van der Waals surface area contributed by atoms with Crippen LogP contribution in [-0.2, 0) is 11.2 Å². The summed E-state index contributed by atoms with van der Waals surface area (Å²) >= 11 is 0. The van der Waals surface area contributed by atoms with Crippen LogP contribution in [0.1, 0.15) is 22.3 Å². The molecular weight excluding hydrogens is 334 g/mol. The van der Waals surface area contributed by atoms with Crippen LogP contribution >= 0.6 is 0 Å². The Labute approximate surface area is 151 Å². The van der Waals surface area contributed by atoms with E-state index < -0.39 is 0 Å². The molecule has 2 heterocycles. The quantitative estimate of drug-likeness (QED) is 0.585. The summed E-state index contributed by atoms with van der Waals surface area (Å²) in [6.07, 6.45) is 6.77. The van der Waals surface area contributed by atoms with Crippen molar-refractivity contribution in [3.63, 3.8) is 0 Å². The highest BCUT2D eigenvalue weighted by Gasteiger charge is 2.05. The maximum Gasteiger partial charge on any atom is 0.252 e. The highest BCUT2D eigenvalue weighted by molar-refractivity contribution is 5.94. The number of carbonyl (C=O) groups excluding carboxylic acids is 1. The maximum absolute atomic E-state index is 12.2. The lowest BCUT2D eigenvalue weighted by atomic mass is 10.2. The number of benzene rings is 1. The third kappa shape index (κ3) is 4.76. The van der Waals surface area contributed by atoms with Gasteiger partial charge in [-0.15, -0.1) is 0 Å². The number of aryl methyl sites for hydroxylation is 1. The molecule has 1 N–H and O–H groups in total. The Morgan fingerprint density at radius 2 is 2.04 bits per heavy atom. The fraction of sp³-hybridized carbons (Fsp3) is 0.333. The van der Waals surface area contributed by atoms with Gasteiger partial charge in [0, 0.05) is 31.6 Å². The highest BCUT2D eigenvalue weighted by Crippen LogP contribution is 2.12. The van der Waals surface area contributed by atoms with Crippen LogP contribution in [0.15, 0.2) is 43.0 Å². The van der Waals surface area contributed by atoms with Gasteiger partial charge in [0.15, 0.2) is 0 Å². The molecule has 136 valence electrons. The van der Waals surface area contributed by atoms with Crippen LogP contribution in [0.2, 0.25) is 0 Å². The number of aromatic nitrogens is 4. The smallest absolute Gasteiger partial charge is 0.252 e. The van der Waals surface area contributed by atoms with E-state index >= 15 is 0 Å². The lowest BCUT2D eigenvalue weighted by Crippen LogP contribution is -2.24. The molecule has 0 bridgehead atoms. The Balaban J connectivity index is 1.42. The molecule has 0 unspecified atom stereocenters. The number of nitrogens with zero attached hydrogens (tertiary/aromatic N) is 4. The van der Waals surface area contributed by atoms with Crippen LogP contribution in [-0.4, -0.2) is 52.4 Å². The van der Waals surface area contributed by atoms with Crippen LogP contribution < -0.4 is 10.1 Å². The van der Waals surface area contributed by atoms with Gasteiger partial charge in [0.1, 0.15) is 18.7 Å². The van der Waals surface area contributed by atoms with Crippen molar-refractivity contribution in [1.29, 1.82) is 0 Å². The van der Waals surface area contributed by atoms with Gasteiger partial charge in [0.2, 0.25) is 0 Å². The molecule has 1 amide bonds. The van der Waals surface area contributed by atoms with Crippen molar-refractivity contribution < 1.29 is 14.3 Å². The van der Waals surface area contributed by atoms with Crippen LogP contribution in [0.5, 0.6) is 5.75 Å². The molecule has 0 atom stereocenters. The number of carbonyl (C=O) groups is 1. The minimum atomic E-state index is -0.0988. The first kappa shape index (κ1) is 17.8. The zero-order chi connectivity index (χ0) is 18.2. The molecule has 0 spiro atoms. The topological polar surface area (TPSA) is 90.6 Å². The van der Waals surface area contributed by atoms with E-state index in [1.165, 1.54) is 6.33 Å². The number of nitrogens with one attached hydrogen (secondary N) is 1. The monoisotopic (exact) mass is 355 g/mol. The molecule has 8 heteroatoms. The van der Waals surface area contributed by atoms with Crippen molar-refractivity contribution in [3.8, 4) is 5.75 Å². The first-order valence-electron chi connectivity index (χ1n) is 8.40. The predicted molar refractivity (Wildman–Crippen MR) is 95.2 cm³/mol. The van der Waals surface area contributed by atoms with Crippen LogP contribution in [0, 0.1) is 0 Å². The number of hydrogen-bond donors (Lipinski definition) is 1. The second kappa shape index (κ2) is 8.91. The average Bonchev–Trinajstić information content (AvgIpc) is 3.13. The third-order valence-electron chi connectivity index (χ3n) is 3.79. The minimum absolute atomic E-state index is 0.0988. The van der Waals surface area contributed by atoms with Crippen LogP contribution in [0.25, 0.3) is 5.78 Å². The van der Waals surface area contributed by atoms with Gasteiger partial charge in [-0.2, -0.15) is 10.1 Å². The Bertz CT molecular complexity index is 847. The number of hydrogen-bond acceptors (Lipinski definition) is 6. The van der Waals surface area contributed by atoms with Gasteiger partial charge in [-0.1, -0.05) is 0 Å². The van der Waals surface area contributed by atoms with Crippen LogP contribution in [0.4, 0.5) is 0 Å². The molecule has 0 aliphatic heterocycles. The fourth-order valence-electron chi connectivity index (χ4n) is 2.43. The molecular formula is C18H21N5O3. The second-order valence-electron chi connectivity index (χ2n) is 5.69. The lowest BCUT2D eigenvalue weighted by molar-refractivity contribution is 0.0953. The largest absolute Gasteiger partial charge is 0.491 e. The van der Waals surface area contributed by atoms with E-state index in [9.17, 15) is 4.79 Å². The van der Waals surface area contributed by atoms with E-state index in [2.05, 4.69) is 20.4 Å². The van der Waals surface area contributed by atoms with Gasteiger partial charge in [-0.05, 0) is 42.7 Å². The number of methoxy groups -OCH3 is 1. The zero-order valence-electron chi connectivity index (χ0n) is 14.6. The molecule has 26 heavy (non-hydrogen) atoms. The molecule has 8 nitrogen and oxygen atoms in total. The maximum atomic E-state index is 12.2. The van der Waals surface area contributed by atoms with Crippen molar-refractivity contribution >= 4 is 11.7 Å². The number of amides is 1. The van der Waals surface area contributed by atoms with E-state index in [0.29, 0.717) is 31.1 Å². The molecule has 1 aromatic carbocycles. The highest BCUT2D eigenvalue weighted by atomic mass is 16.5. The van der Waals surface area contributed by atoms with Crippen molar-refractivity contribution in [2.75, 3.05) is 26.9 Å². The van der Waals surface area contributed by atoms with Crippen molar-refractivity contribution in [2.24, 2.45) is 0 Å². The van der Waals surface area contributed by atoms with Gasteiger partial charge in [0.25, 0.3) is 11.7 Å². The molecule has 0 fully saturated rings. The Morgan fingerprint density at radius 3 is 2.85 bits per heavy atom. The summed E-state index contributed by atoms with van der Waals surface area (Å²) < 4.78 is 12.1. The summed E-state index contributed by atoms with van der Waals surface area (Å²) in [6, 6.07) is 7.06. The molecule has 0 aliphatic carbocycles. The van der Waals surface area contributed by atoms with E-state index in [-0.39, 0.29) is 5.91 Å². The first-order chi connectivity index (χ1) is 12.8. The van der Waals surface area contributed by atoms with E-state index in [4.69, 9.17) is 9.47 Å². The molecule has 3 rings (SSSR count). The van der Waals surface area contributed by atoms with Crippen molar-refractivity contribution in [1.82, 2.24) is 24.9 Å². The summed E-state index contributed by atoms with van der Waals surface area (Å²) in [6.45, 7) is 1.60. The van der Waals surface area contributed by atoms with E-state index in [1.807, 2.05) is 6.20 Å². The van der Waals surface area contributed by atoms with Crippen LogP contribution in [0.3, 0.4) is 0 Å². The van der Waals surface area contributed by atoms with Gasteiger partial charge in [-0.3, -0.25) is 4.79 Å². The summed E-state index contributed by atoms with van der Waals surface area (Å²) in [5.74, 6) is 1.20. The number of rotatable bonds is 9. The van der Waals surface area contributed by atoms with Crippen molar-refractivity contribution in [2.45, 2.75) is 12.8 Å². The van der Waals surface area contributed by atoms with Gasteiger partial charge in [-0.25, -0.2) is 9.50 Å². The Morgan fingerprint density at radius 1 is 1.19 bits per heavy atom. The number of fused-ring (bicyclic) bond motifs is 1. The Kier molecular flexibility index (Phi) is 6.10. The summed E-state index contributed by atoms with van der Waals surface area (Å²) in [5, 5.41) is 6.98.